The Kier molecular flexibility index (Phi) is 4.11. The topological polar surface area (TPSA) is 77.3 Å². The van der Waals surface area contributed by atoms with E-state index in [0.717, 1.165) is 0 Å². The summed E-state index contributed by atoms with van der Waals surface area (Å²) >= 11 is 0. The summed E-state index contributed by atoms with van der Waals surface area (Å²) in [5, 5.41) is 10.7. The van der Waals surface area contributed by atoms with Gasteiger partial charge in [-0.3, -0.25) is 10.1 Å². The predicted octanol–water partition coefficient (Wildman–Crippen LogP) is 3.10. The molecule has 0 bridgehead atoms. The van der Waals surface area contributed by atoms with Crippen molar-refractivity contribution in [3.63, 3.8) is 0 Å². The van der Waals surface area contributed by atoms with E-state index in [2.05, 4.69) is 0 Å². The number of hydrogen-bond acceptors (Lipinski definition) is 4. The lowest BCUT2D eigenvalue weighted by atomic mass is 10.0. The highest BCUT2D eigenvalue weighted by atomic mass is 35.7. The highest BCUT2D eigenvalue weighted by Crippen LogP contribution is 2.38. The molecule has 19 heavy (non-hydrogen) atoms. The van der Waals surface area contributed by atoms with Gasteiger partial charge in [-0.15, -0.1) is 0 Å². The third-order valence-corrected chi connectivity index (χ3v) is 3.67. The monoisotopic (exact) mass is 317 g/mol. The third kappa shape index (κ3) is 3.35. The van der Waals surface area contributed by atoms with E-state index in [4.69, 9.17) is 10.7 Å². The largest absolute Gasteiger partial charge is 0.416 e. The molecule has 0 N–H and O–H groups in total. The van der Waals surface area contributed by atoms with Gasteiger partial charge in [0.1, 0.15) is 0 Å². The smallest absolute Gasteiger partial charge is 0.258 e. The number of nitrogens with zero attached hydrogens (tertiary/aromatic N) is 1. The van der Waals surface area contributed by atoms with Crippen molar-refractivity contribution in [2.75, 3.05) is 0 Å². The molecule has 0 atom stereocenters. The maximum atomic E-state index is 12.8. The summed E-state index contributed by atoms with van der Waals surface area (Å²) in [5.74, 6) is 0. The molecule has 0 aliphatic rings. The number of alkyl halides is 3. The molecule has 10 heteroatoms. The van der Waals surface area contributed by atoms with Gasteiger partial charge in [0, 0.05) is 22.3 Å². The lowest BCUT2D eigenvalue weighted by molar-refractivity contribution is -0.386. The van der Waals surface area contributed by atoms with E-state index in [1.54, 1.807) is 0 Å². The first kappa shape index (κ1) is 15.7. The molecular formula is C9H7ClF3NO4S. The Morgan fingerprint density at radius 3 is 2.21 bits per heavy atom. The Labute approximate surface area is 110 Å². The van der Waals surface area contributed by atoms with Crippen LogP contribution in [0.15, 0.2) is 17.0 Å². The van der Waals surface area contributed by atoms with Crippen LogP contribution in [0.2, 0.25) is 0 Å². The molecule has 0 aliphatic carbocycles. The van der Waals surface area contributed by atoms with Crippen LogP contribution in [0.3, 0.4) is 0 Å². The quantitative estimate of drug-likeness (QED) is 0.487. The molecule has 0 radical (unpaired) electrons. The maximum absolute atomic E-state index is 12.8. The Balaban J connectivity index is 3.80. The summed E-state index contributed by atoms with van der Waals surface area (Å²) in [5.41, 5.74) is -2.87. The maximum Gasteiger partial charge on any atom is 0.416 e. The minimum absolute atomic E-state index is 0.270. The van der Waals surface area contributed by atoms with Crippen molar-refractivity contribution in [1.82, 2.24) is 0 Å². The van der Waals surface area contributed by atoms with Crippen LogP contribution in [-0.4, -0.2) is 13.3 Å². The van der Waals surface area contributed by atoms with Crippen molar-refractivity contribution in [3.05, 3.63) is 33.4 Å². The summed E-state index contributed by atoms with van der Waals surface area (Å²) in [6, 6.07) is 0.824. The van der Waals surface area contributed by atoms with E-state index in [1.165, 1.54) is 6.92 Å². The van der Waals surface area contributed by atoms with E-state index >= 15 is 0 Å². The second kappa shape index (κ2) is 4.97. The van der Waals surface area contributed by atoms with Crippen molar-refractivity contribution in [1.29, 1.82) is 0 Å². The lowest BCUT2D eigenvalue weighted by Crippen LogP contribution is -2.12. The average molecular weight is 318 g/mol. The molecule has 1 aromatic carbocycles. The van der Waals surface area contributed by atoms with Crippen LogP contribution in [0, 0.1) is 10.1 Å². The first-order chi connectivity index (χ1) is 8.48. The van der Waals surface area contributed by atoms with Crippen molar-refractivity contribution >= 4 is 25.4 Å². The highest BCUT2D eigenvalue weighted by molar-refractivity contribution is 8.13. The average Bonchev–Trinajstić information content (AvgIpc) is 2.24. The second-order valence-corrected chi connectivity index (χ2v) is 6.08. The Hall–Kier alpha value is -1.35. The Morgan fingerprint density at radius 2 is 1.89 bits per heavy atom. The van der Waals surface area contributed by atoms with Gasteiger partial charge in [0.05, 0.1) is 15.4 Å². The zero-order chi connectivity index (χ0) is 15.0. The standard InChI is InChI=1S/C9H7ClF3NO4S/c1-2-6-7(9(11,12)13)3-5(19(10,17)18)4-8(6)14(15)16/h3-4H,2H2,1H3. The second-order valence-electron chi connectivity index (χ2n) is 3.51. The van der Waals surface area contributed by atoms with Gasteiger partial charge < -0.3 is 0 Å². The summed E-state index contributed by atoms with van der Waals surface area (Å²) < 4.78 is 60.5. The third-order valence-electron chi connectivity index (χ3n) is 2.34. The van der Waals surface area contributed by atoms with Crippen molar-refractivity contribution in [3.8, 4) is 0 Å². The van der Waals surface area contributed by atoms with Gasteiger partial charge in [0.15, 0.2) is 0 Å². The SMILES string of the molecule is CCc1c([N+](=O)[O-])cc(S(=O)(=O)Cl)cc1C(F)(F)F. The molecule has 0 spiro atoms. The minimum Gasteiger partial charge on any atom is -0.258 e. The molecule has 0 fully saturated rings. The molecule has 1 rings (SSSR count). The molecule has 5 nitrogen and oxygen atoms in total. The first-order valence-corrected chi connectivity index (χ1v) is 7.12. The summed E-state index contributed by atoms with van der Waals surface area (Å²) in [6.07, 6.45) is -5.18. The van der Waals surface area contributed by atoms with E-state index < -0.39 is 41.9 Å². The number of hydrogen-bond donors (Lipinski definition) is 0. The van der Waals surface area contributed by atoms with E-state index in [1.807, 2.05) is 0 Å². The van der Waals surface area contributed by atoms with Gasteiger partial charge in [-0.1, -0.05) is 6.92 Å². The zero-order valence-electron chi connectivity index (χ0n) is 9.36. The fourth-order valence-electron chi connectivity index (χ4n) is 1.56. The number of benzene rings is 1. The molecule has 0 unspecified atom stereocenters. The first-order valence-electron chi connectivity index (χ1n) is 4.81. The van der Waals surface area contributed by atoms with Crippen LogP contribution < -0.4 is 0 Å². The molecule has 0 saturated heterocycles. The number of nitro groups is 1. The lowest BCUT2D eigenvalue weighted by Gasteiger charge is -2.13. The van der Waals surface area contributed by atoms with E-state index in [-0.39, 0.29) is 6.42 Å². The predicted molar refractivity (Wildman–Crippen MR) is 60.5 cm³/mol. The van der Waals surface area contributed by atoms with Gasteiger partial charge in [-0.05, 0) is 12.5 Å². The van der Waals surface area contributed by atoms with Crippen LogP contribution >= 0.6 is 10.7 Å². The van der Waals surface area contributed by atoms with Crippen molar-refractivity contribution < 1.29 is 26.5 Å². The Bertz CT molecular complexity index is 627. The number of halogens is 4. The van der Waals surface area contributed by atoms with Gasteiger partial charge in [-0.25, -0.2) is 8.42 Å². The van der Waals surface area contributed by atoms with Crippen molar-refractivity contribution in [2.45, 2.75) is 24.4 Å². The molecule has 0 amide bonds. The molecular weight excluding hydrogens is 311 g/mol. The van der Waals surface area contributed by atoms with Gasteiger partial charge >= 0.3 is 6.18 Å². The fourth-order valence-corrected chi connectivity index (χ4v) is 2.34. The van der Waals surface area contributed by atoms with Crippen LogP contribution in [0.4, 0.5) is 18.9 Å². The summed E-state index contributed by atoms with van der Waals surface area (Å²) in [6.45, 7) is 1.30. The molecule has 0 heterocycles. The van der Waals surface area contributed by atoms with E-state index in [9.17, 15) is 31.7 Å². The van der Waals surface area contributed by atoms with Crippen LogP contribution in [-0.2, 0) is 21.6 Å². The summed E-state index contributed by atoms with van der Waals surface area (Å²) in [7, 11) is 0.436. The van der Waals surface area contributed by atoms with Gasteiger partial charge in [0.25, 0.3) is 14.7 Å². The molecule has 0 saturated carbocycles. The summed E-state index contributed by atoms with van der Waals surface area (Å²) in [4.78, 5) is 8.72. The number of rotatable bonds is 3. The normalized spacial score (nSPS) is 12.5. The fraction of sp³-hybridized carbons (Fsp3) is 0.333. The zero-order valence-corrected chi connectivity index (χ0v) is 10.9. The molecule has 0 aliphatic heterocycles. The Morgan fingerprint density at radius 1 is 1.37 bits per heavy atom. The number of nitro benzene ring substituents is 1. The molecule has 1 aromatic rings. The highest BCUT2D eigenvalue weighted by Gasteiger charge is 2.38. The van der Waals surface area contributed by atoms with Gasteiger partial charge in [0.2, 0.25) is 0 Å². The molecule has 0 aromatic heterocycles. The van der Waals surface area contributed by atoms with Crippen LogP contribution in [0.25, 0.3) is 0 Å². The minimum atomic E-state index is -4.91. The van der Waals surface area contributed by atoms with Crippen LogP contribution in [0.5, 0.6) is 0 Å². The van der Waals surface area contributed by atoms with Crippen LogP contribution in [0.1, 0.15) is 18.1 Å². The van der Waals surface area contributed by atoms with E-state index in [0.29, 0.717) is 12.1 Å². The molecule has 106 valence electrons. The van der Waals surface area contributed by atoms with Crippen molar-refractivity contribution in [2.24, 2.45) is 0 Å². The van der Waals surface area contributed by atoms with Gasteiger partial charge in [-0.2, -0.15) is 13.2 Å².